The second-order valence-electron chi connectivity index (χ2n) is 1.16. The summed E-state index contributed by atoms with van der Waals surface area (Å²) in [5.41, 5.74) is 0. The molecule has 0 fully saturated rings. The summed E-state index contributed by atoms with van der Waals surface area (Å²) in [6.07, 6.45) is 0. The van der Waals surface area contributed by atoms with Crippen LogP contribution >= 0.6 is 56.8 Å². The average molecular weight is 344 g/mol. The first-order chi connectivity index (χ1) is 2.94. The van der Waals surface area contributed by atoms with Gasteiger partial charge in [0.1, 0.15) is 1.43 Å². The van der Waals surface area contributed by atoms with Crippen molar-refractivity contribution in [1.82, 2.24) is 0 Å². The molecule has 42 valence electrons. The second kappa shape index (κ2) is 2.82. The lowest BCUT2D eigenvalue weighted by Gasteiger charge is -2.03. The van der Waals surface area contributed by atoms with Gasteiger partial charge in [-0.1, -0.05) is 45.2 Å². The molecule has 0 atom stereocenters. The van der Waals surface area contributed by atoms with Crippen LogP contribution in [0.25, 0.3) is 0 Å². The van der Waals surface area contributed by atoms with Crippen LogP contribution in [0.3, 0.4) is 0 Å². The van der Waals surface area contributed by atoms with Crippen LogP contribution in [0.5, 0.6) is 0 Å². The van der Waals surface area contributed by atoms with E-state index in [1.165, 1.54) is 0 Å². The number of carbonyl (C=O) groups is 1. The Morgan fingerprint density at radius 3 is 1.86 bits per heavy atom. The van der Waals surface area contributed by atoms with E-state index in [1.54, 1.807) is 6.92 Å². The maximum atomic E-state index is 10.2. The molecule has 1 nitrogen and oxygen atoms in total. The van der Waals surface area contributed by atoms with E-state index in [4.69, 9.17) is 11.6 Å². The fourth-order valence-corrected chi connectivity index (χ4v) is 0. The lowest BCUT2D eigenvalue weighted by Crippen LogP contribution is -2.12. The molecule has 0 spiro atoms. The van der Waals surface area contributed by atoms with E-state index >= 15 is 0 Å². The standard InChI is InChI=1S/C3H3ClI2O/c1-3(5,6)2(4)7/h1H3. The lowest BCUT2D eigenvalue weighted by atomic mass is 10.6. The average Bonchev–Trinajstić information content (AvgIpc) is 1.31. The first-order valence-electron chi connectivity index (χ1n) is 1.52. The maximum absolute atomic E-state index is 10.2. The highest BCUT2D eigenvalue weighted by Gasteiger charge is 2.22. The summed E-state index contributed by atoms with van der Waals surface area (Å²) >= 11 is 9.04. The van der Waals surface area contributed by atoms with Gasteiger partial charge in [0.05, 0.1) is 0 Å². The molecule has 0 N–H and O–H groups in total. The summed E-state index contributed by atoms with van der Waals surface area (Å²) in [7, 11) is 0. The molecule has 0 bridgehead atoms. The molecule has 0 unspecified atom stereocenters. The molecule has 0 aromatic rings. The summed E-state index contributed by atoms with van der Waals surface area (Å²) in [6.45, 7) is 1.75. The van der Waals surface area contributed by atoms with Crippen molar-refractivity contribution in [3.05, 3.63) is 0 Å². The van der Waals surface area contributed by atoms with Crippen LogP contribution in [0, 0.1) is 0 Å². The van der Waals surface area contributed by atoms with Crippen LogP contribution in [-0.4, -0.2) is 6.67 Å². The highest BCUT2D eigenvalue weighted by atomic mass is 127. The number of alkyl halides is 2. The van der Waals surface area contributed by atoms with Crippen LogP contribution in [0.15, 0.2) is 0 Å². The van der Waals surface area contributed by atoms with E-state index in [0.29, 0.717) is 0 Å². The highest BCUT2D eigenvalue weighted by Crippen LogP contribution is 2.28. The van der Waals surface area contributed by atoms with Crippen molar-refractivity contribution in [2.75, 3.05) is 0 Å². The van der Waals surface area contributed by atoms with Crippen LogP contribution in [0.1, 0.15) is 6.92 Å². The molecule has 0 aliphatic heterocycles. The number of carbonyl (C=O) groups excluding carboxylic acids is 1. The molecule has 0 saturated carbocycles. The Labute approximate surface area is 74.5 Å². The number of halogens is 3. The Bertz CT molecular complexity index is 85.4. The monoisotopic (exact) mass is 344 g/mol. The number of hydrogen-bond acceptors (Lipinski definition) is 1. The SMILES string of the molecule is CC(I)(I)C(=O)Cl. The summed E-state index contributed by atoms with van der Waals surface area (Å²) in [5.74, 6) is 0. The Balaban J connectivity index is 3.79. The molecule has 0 heterocycles. The van der Waals surface area contributed by atoms with Crippen molar-refractivity contribution in [2.24, 2.45) is 0 Å². The van der Waals surface area contributed by atoms with E-state index in [1.807, 2.05) is 45.2 Å². The second-order valence-corrected chi connectivity index (χ2v) is 7.88. The zero-order valence-corrected chi connectivity index (χ0v) is 8.61. The molecule has 0 aliphatic carbocycles. The van der Waals surface area contributed by atoms with Gasteiger partial charge in [0.15, 0.2) is 0 Å². The fourth-order valence-electron chi connectivity index (χ4n) is 0. The summed E-state index contributed by atoms with van der Waals surface area (Å²) in [6, 6.07) is 0. The molecule has 7 heavy (non-hydrogen) atoms. The van der Waals surface area contributed by atoms with Gasteiger partial charge in [0, 0.05) is 0 Å². The Morgan fingerprint density at radius 1 is 1.71 bits per heavy atom. The third kappa shape index (κ3) is 3.96. The minimum absolute atomic E-state index is 0.311. The molecular weight excluding hydrogens is 341 g/mol. The Kier molecular flexibility index (Phi) is 3.39. The van der Waals surface area contributed by atoms with Crippen molar-refractivity contribution in [3.63, 3.8) is 0 Å². The minimum atomic E-state index is -0.433. The van der Waals surface area contributed by atoms with Crippen molar-refractivity contribution in [3.8, 4) is 0 Å². The van der Waals surface area contributed by atoms with Gasteiger partial charge in [-0.3, -0.25) is 4.79 Å². The van der Waals surface area contributed by atoms with E-state index in [-0.39, 0.29) is 5.24 Å². The van der Waals surface area contributed by atoms with Gasteiger partial charge in [-0.25, -0.2) is 0 Å². The molecule has 0 aromatic carbocycles. The van der Waals surface area contributed by atoms with Crippen molar-refractivity contribution in [1.29, 1.82) is 0 Å². The van der Waals surface area contributed by atoms with Gasteiger partial charge < -0.3 is 0 Å². The molecule has 4 heteroatoms. The third-order valence-electron chi connectivity index (χ3n) is 0.345. The van der Waals surface area contributed by atoms with Crippen LogP contribution < -0.4 is 0 Å². The number of rotatable bonds is 1. The van der Waals surface area contributed by atoms with Gasteiger partial charge in [-0.05, 0) is 18.5 Å². The Hall–Kier alpha value is 1.42. The highest BCUT2D eigenvalue weighted by molar-refractivity contribution is 14.2. The lowest BCUT2D eigenvalue weighted by molar-refractivity contribution is -0.111. The summed E-state index contributed by atoms with van der Waals surface area (Å²) in [4.78, 5) is 10.2. The van der Waals surface area contributed by atoms with E-state index < -0.39 is 1.43 Å². The fraction of sp³-hybridized carbons (Fsp3) is 0.667. The predicted molar refractivity (Wildman–Crippen MR) is 47.3 cm³/mol. The molecule has 0 aromatic heterocycles. The molecule has 0 rings (SSSR count). The Morgan fingerprint density at radius 2 is 1.86 bits per heavy atom. The third-order valence-corrected chi connectivity index (χ3v) is 2.34. The molecule has 0 aliphatic rings. The van der Waals surface area contributed by atoms with Gasteiger partial charge in [-0.15, -0.1) is 0 Å². The largest absolute Gasteiger partial charge is 0.279 e. The van der Waals surface area contributed by atoms with E-state index in [9.17, 15) is 4.79 Å². The van der Waals surface area contributed by atoms with Crippen LogP contribution in [-0.2, 0) is 4.79 Å². The smallest absolute Gasteiger partial charge is 0.247 e. The van der Waals surface area contributed by atoms with Gasteiger partial charge in [0.2, 0.25) is 5.24 Å². The predicted octanol–water partition coefficient (Wildman–Crippen LogP) is 2.34. The zero-order chi connectivity index (χ0) is 6.08. The van der Waals surface area contributed by atoms with Gasteiger partial charge >= 0.3 is 0 Å². The molecule has 0 radical (unpaired) electrons. The summed E-state index contributed by atoms with van der Waals surface area (Å²) < 4.78 is -0.433. The van der Waals surface area contributed by atoms with Crippen molar-refractivity contribution < 1.29 is 4.79 Å². The van der Waals surface area contributed by atoms with Gasteiger partial charge in [0.25, 0.3) is 0 Å². The molecular formula is C3H3ClI2O. The summed E-state index contributed by atoms with van der Waals surface area (Å²) in [5, 5.41) is -0.311. The van der Waals surface area contributed by atoms with Crippen LogP contribution in [0.2, 0.25) is 0 Å². The van der Waals surface area contributed by atoms with E-state index in [2.05, 4.69) is 0 Å². The molecule has 0 amide bonds. The minimum Gasteiger partial charge on any atom is -0.279 e. The molecule has 0 saturated heterocycles. The normalized spacial score (nSPS) is 11.4. The van der Waals surface area contributed by atoms with Crippen molar-refractivity contribution >= 4 is 62.0 Å². The first-order valence-corrected chi connectivity index (χ1v) is 4.06. The zero-order valence-electron chi connectivity index (χ0n) is 3.54. The van der Waals surface area contributed by atoms with Crippen LogP contribution in [0.4, 0.5) is 0 Å². The number of hydrogen-bond donors (Lipinski definition) is 0. The van der Waals surface area contributed by atoms with E-state index in [0.717, 1.165) is 0 Å². The maximum Gasteiger partial charge on any atom is 0.247 e. The van der Waals surface area contributed by atoms with Crippen molar-refractivity contribution in [2.45, 2.75) is 8.35 Å². The topological polar surface area (TPSA) is 17.1 Å². The quantitative estimate of drug-likeness (QED) is 0.405. The van der Waals surface area contributed by atoms with Gasteiger partial charge in [-0.2, -0.15) is 0 Å². The first kappa shape index (κ1) is 8.42.